The summed E-state index contributed by atoms with van der Waals surface area (Å²) in [6.45, 7) is 2.30. The van der Waals surface area contributed by atoms with E-state index in [1.165, 1.54) is 6.07 Å². The standard InChI is InChI=1S/C12H17NO5/c1-2-9(14)4-3-5-13-11(15)10-6-8(7-18-10)12(16)17/h6-7,9,14H,2-5H2,1H3,(H,13,15)(H,16,17). The van der Waals surface area contributed by atoms with Crippen molar-refractivity contribution in [2.75, 3.05) is 6.54 Å². The number of aromatic carboxylic acids is 1. The zero-order valence-corrected chi connectivity index (χ0v) is 10.2. The van der Waals surface area contributed by atoms with Crippen molar-refractivity contribution in [2.24, 2.45) is 0 Å². The SMILES string of the molecule is CCC(O)CCCNC(=O)c1cc(C(=O)O)co1. The van der Waals surface area contributed by atoms with E-state index in [4.69, 9.17) is 9.52 Å². The van der Waals surface area contributed by atoms with Crippen LogP contribution in [0.3, 0.4) is 0 Å². The third-order valence-corrected chi connectivity index (χ3v) is 2.54. The van der Waals surface area contributed by atoms with Crippen LogP contribution in [0.1, 0.15) is 47.1 Å². The van der Waals surface area contributed by atoms with E-state index in [0.29, 0.717) is 25.8 Å². The monoisotopic (exact) mass is 255 g/mol. The van der Waals surface area contributed by atoms with Gasteiger partial charge in [-0.3, -0.25) is 4.79 Å². The van der Waals surface area contributed by atoms with Gasteiger partial charge in [-0.05, 0) is 19.3 Å². The third-order valence-electron chi connectivity index (χ3n) is 2.54. The minimum Gasteiger partial charge on any atom is -0.478 e. The summed E-state index contributed by atoms with van der Waals surface area (Å²) in [4.78, 5) is 22.1. The summed E-state index contributed by atoms with van der Waals surface area (Å²) >= 11 is 0. The summed E-state index contributed by atoms with van der Waals surface area (Å²) < 4.78 is 4.84. The molecule has 18 heavy (non-hydrogen) atoms. The first-order valence-corrected chi connectivity index (χ1v) is 5.82. The maximum absolute atomic E-state index is 11.5. The Balaban J connectivity index is 2.34. The molecule has 0 fully saturated rings. The molecule has 0 bridgehead atoms. The Bertz CT molecular complexity index is 412. The molecule has 0 aliphatic rings. The second kappa shape index (κ2) is 6.80. The lowest BCUT2D eigenvalue weighted by Gasteiger charge is -2.07. The highest BCUT2D eigenvalue weighted by Gasteiger charge is 2.14. The zero-order chi connectivity index (χ0) is 13.5. The molecule has 0 radical (unpaired) electrons. The first kappa shape index (κ1) is 14.2. The van der Waals surface area contributed by atoms with E-state index in [1.54, 1.807) is 0 Å². The minimum atomic E-state index is -1.14. The summed E-state index contributed by atoms with van der Waals surface area (Å²) in [6, 6.07) is 1.18. The highest BCUT2D eigenvalue weighted by molar-refractivity contribution is 5.95. The maximum atomic E-state index is 11.5. The molecule has 1 amide bonds. The number of rotatable bonds is 7. The normalized spacial score (nSPS) is 12.1. The number of amides is 1. The number of carbonyl (C=O) groups excluding carboxylic acids is 1. The molecule has 1 atom stereocenters. The van der Waals surface area contributed by atoms with E-state index in [1.807, 2.05) is 6.92 Å². The number of aliphatic hydroxyl groups is 1. The molecule has 0 aliphatic heterocycles. The van der Waals surface area contributed by atoms with Gasteiger partial charge in [0.2, 0.25) is 0 Å². The van der Waals surface area contributed by atoms with Gasteiger partial charge in [0.05, 0.1) is 11.7 Å². The van der Waals surface area contributed by atoms with Crippen molar-refractivity contribution in [3.05, 3.63) is 23.7 Å². The van der Waals surface area contributed by atoms with Crippen LogP contribution < -0.4 is 5.32 Å². The van der Waals surface area contributed by atoms with E-state index in [9.17, 15) is 14.7 Å². The van der Waals surface area contributed by atoms with E-state index in [-0.39, 0.29) is 17.4 Å². The Morgan fingerprint density at radius 3 is 2.78 bits per heavy atom. The maximum Gasteiger partial charge on any atom is 0.338 e. The molecule has 0 saturated carbocycles. The van der Waals surface area contributed by atoms with Crippen molar-refractivity contribution in [3.8, 4) is 0 Å². The second-order valence-electron chi connectivity index (χ2n) is 3.96. The van der Waals surface area contributed by atoms with Gasteiger partial charge in [0.15, 0.2) is 5.76 Å². The third kappa shape index (κ3) is 4.21. The minimum absolute atomic E-state index is 0.0246. The van der Waals surface area contributed by atoms with Crippen LogP contribution in [0, 0.1) is 0 Å². The van der Waals surface area contributed by atoms with Crippen molar-refractivity contribution in [3.63, 3.8) is 0 Å². The average molecular weight is 255 g/mol. The van der Waals surface area contributed by atoms with Crippen molar-refractivity contribution in [1.82, 2.24) is 5.32 Å². The summed E-state index contributed by atoms with van der Waals surface area (Å²) in [6.07, 6.45) is 2.65. The van der Waals surface area contributed by atoms with Gasteiger partial charge < -0.3 is 19.9 Å². The molecule has 1 unspecified atom stereocenters. The number of furan rings is 1. The molecule has 3 N–H and O–H groups in total. The Morgan fingerprint density at radius 2 is 2.22 bits per heavy atom. The summed E-state index contributed by atoms with van der Waals surface area (Å²) in [5.41, 5.74) is -0.0541. The smallest absolute Gasteiger partial charge is 0.338 e. The van der Waals surface area contributed by atoms with Gasteiger partial charge in [-0.1, -0.05) is 6.92 Å². The van der Waals surface area contributed by atoms with Crippen molar-refractivity contribution >= 4 is 11.9 Å². The Morgan fingerprint density at radius 1 is 1.50 bits per heavy atom. The molecular weight excluding hydrogens is 238 g/mol. The molecule has 0 spiro atoms. The van der Waals surface area contributed by atoms with E-state index in [2.05, 4.69) is 5.32 Å². The number of hydrogen-bond acceptors (Lipinski definition) is 4. The molecule has 100 valence electrons. The molecular formula is C12H17NO5. The van der Waals surface area contributed by atoms with Gasteiger partial charge in [0, 0.05) is 12.6 Å². The van der Waals surface area contributed by atoms with Crippen LogP contribution in [0.4, 0.5) is 0 Å². The second-order valence-corrected chi connectivity index (χ2v) is 3.96. The Kier molecular flexibility index (Phi) is 5.38. The van der Waals surface area contributed by atoms with E-state index >= 15 is 0 Å². The molecule has 1 rings (SSSR count). The molecule has 6 heteroatoms. The molecule has 0 saturated heterocycles. The summed E-state index contributed by atoms with van der Waals surface area (Å²) in [5.74, 6) is -1.61. The number of hydrogen-bond donors (Lipinski definition) is 3. The predicted octanol–water partition coefficient (Wildman–Crippen LogP) is 1.26. The number of carboxylic acids is 1. The Labute approximate surface area is 105 Å². The van der Waals surface area contributed by atoms with Crippen molar-refractivity contribution in [1.29, 1.82) is 0 Å². The Hall–Kier alpha value is -1.82. The van der Waals surface area contributed by atoms with Gasteiger partial charge in [-0.2, -0.15) is 0 Å². The van der Waals surface area contributed by atoms with Crippen LogP contribution in [0.2, 0.25) is 0 Å². The van der Waals surface area contributed by atoms with Crippen molar-refractivity contribution in [2.45, 2.75) is 32.3 Å². The number of aliphatic hydroxyl groups excluding tert-OH is 1. The molecule has 1 heterocycles. The molecule has 1 aromatic rings. The lowest BCUT2D eigenvalue weighted by atomic mass is 10.1. The number of carboxylic acid groups (broad SMARTS) is 1. The van der Waals surface area contributed by atoms with Crippen LogP contribution >= 0.6 is 0 Å². The first-order chi connectivity index (χ1) is 8.54. The highest BCUT2D eigenvalue weighted by Crippen LogP contribution is 2.07. The van der Waals surface area contributed by atoms with Crippen LogP contribution in [0.25, 0.3) is 0 Å². The fraction of sp³-hybridized carbons (Fsp3) is 0.500. The summed E-state index contributed by atoms with van der Waals surface area (Å²) in [5, 5.41) is 20.6. The average Bonchev–Trinajstić information content (AvgIpc) is 2.83. The van der Waals surface area contributed by atoms with Gasteiger partial charge in [0.1, 0.15) is 6.26 Å². The molecule has 0 aromatic carbocycles. The van der Waals surface area contributed by atoms with Crippen LogP contribution in [-0.2, 0) is 0 Å². The van der Waals surface area contributed by atoms with Gasteiger partial charge in [-0.15, -0.1) is 0 Å². The van der Waals surface area contributed by atoms with Gasteiger partial charge in [0.25, 0.3) is 5.91 Å². The molecule has 0 aliphatic carbocycles. The predicted molar refractivity (Wildman–Crippen MR) is 63.5 cm³/mol. The van der Waals surface area contributed by atoms with Crippen LogP contribution in [0.5, 0.6) is 0 Å². The van der Waals surface area contributed by atoms with Crippen LogP contribution in [-0.4, -0.2) is 34.7 Å². The lowest BCUT2D eigenvalue weighted by molar-refractivity contribution is 0.0695. The van der Waals surface area contributed by atoms with Gasteiger partial charge in [-0.25, -0.2) is 4.79 Å². The quantitative estimate of drug-likeness (QED) is 0.637. The van der Waals surface area contributed by atoms with E-state index < -0.39 is 11.9 Å². The largest absolute Gasteiger partial charge is 0.478 e. The van der Waals surface area contributed by atoms with Crippen LogP contribution in [0.15, 0.2) is 16.7 Å². The van der Waals surface area contributed by atoms with Gasteiger partial charge >= 0.3 is 5.97 Å². The number of nitrogens with one attached hydrogen (secondary N) is 1. The topological polar surface area (TPSA) is 99.8 Å². The first-order valence-electron chi connectivity index (χ1n) is 5.82. The fourth-order valence-corrected chi connectivity index (χ4v) is 1.40. The van der Waals surface area contributed by atoms with Crippen molar-refractivity contribution < 1.29 is 24.2 Å². The fourth-order valence-electron chi connectivity index (χ4n) is 1.40. The number of carbonyl (C=O) groups is 2. The zero-order valence-electron chi connectivity index (χ0n) is 10.2. The summed E-state index contributed by atoms with van der Waals surface area (Å²) in [7, 11) is 0. The molecule has 1 aromatic heterocycles. The van der Waals surface area contributed by atoms with E-state index in [0.717, 1.165) is 6.26 Å². The lowest BCUT2D eigenvalue weighted by Crippen LogP contribution is -2.24. The highest BCUT2D eigenvalue weighted by atomic mass is 16.4. The molecule has 6 nitrogen and oxygen atoms in total.